The van der Waals surface area contributed by atoms with Crippen LogP contribution in [-0.4, -0.2) is 27.2 Å². The van der Waals surface area contributed by atoms with Gasteiger partial charge in [0.15, 0.2) is 11.4 Å². The molecule has 2 N–H and O–H groups in total. The zero-order valence-electron chi connectivity index (χ0n) is 17.9. The minimum absolute atomic E-state index is 0.0875. The Morgan fingerprint density at radius 1 is 1.00 bits per heavy atom. The zero-order valence-corrected chi connectivity index (χ0v) is 17.9. The molecular formula is C25H24N4O3. The highest BCUT2D eigenvalue weighted by Crippen LogP contribution is 2.29. The van der Waals surface area contributed by atoms with Gasteiger partial charge in [-0.2, -0.15) is 0 Å². The fourth-order valence-electron chi connectivity index (χ4n) is 3.65. The van der Waals surface area contributed by atoms with E-state index in [1.807, 2.05) is 74.5 Å². The lowest BCUT2D eigenvalue weighted by Crippen LogP contribution is -2.19. The molecule has 0 aliphatic heterocycles. The van der Waals surface area contributed by atoms with Crippen molar-refractivity contribution >= 4 is 16.6 Å². The van der Waals surface area contributed by atoms with E-state index in [2.05, 4.69) is 10.1 Å². The minimum Gasteiger partial charge on any atom is -0.491 e. The normalized spacial score (nSPS) is 12.5. The van der Waals surface area contributed by atoms with Gasteiger partial charge in [0.05, 0.1) is 12.3 Å². The highest BCUT2D eigenvalue weighted by atomic mass is 16.5. The Morgan fingerprint density at radius 3 is 2.69 bits per heavy atom. The maximum atomic E-state index is 6.17. The maximum absolute atomic E-state index is 6.17. The molecule has 0 spiro atoms. The van der Waals surface area contributed by atoms with Crippen molar-refractivity contribution in [3.8, 4) is 23.1 Å². The van der Waals surface area contributed by atoms with E-state index in [4.69, 9.17) is 19.6 Å². The van der Waals surface area contributed by atoms with Gasteiger partial charge in [-0.1, -0.05) is 30.3 Å². The summed E-state index contributed by atoms with van der Waals surface area (Å²) in [6, 6.07) is 21.3. The summed E-state index contributed by atoms with van der Waals surface area (Å²) in [5.74, 6) is 1.92. The van der Waals surface area contributed by atoms with Crippen molar-refractivity contribution in [1.29, 1.82) is 0 Å². The topological polar surface area (TPSA) is 87.8 Å². The average molecular weight is 428 g/mol. The predicted octanol–water partition coefficient (Wildman–Crippen LogP) is 5.01. The second-order valence-corrected chi connectivity index (χ2v) is 7.81. The lowest BCUT2D eigenvalue weighted by Gasteiger charge is -2.18. The Hall–Kier alpha value is -3.84. The molecule has 32 heavy (non-hydrogen) atoms. The molecule has 5 aromatic rings. The molecule has 0 aliphatic rings. The maximum Gasteiger partial charge on any atom is 0.232 e. The van der Waals surface area contributed by atoms with Crippen molar-refractivity contribution in [3.05, 3.63) is 78.5 Å². The average Bonchev–Trinajstić information content (AvgIpc) is 3.40. The van der Waals surface area contributed by atoms with E-state index in [1.54, 1.807) is 16.8 Å². The lowest BCUT2D eigenvalue weighted by atomic mass is 10.1. The van der Waals surface area contributed by atoms with Gasteiger partial charge >= 0.3 is 0 Å². The summed E-state index contributed by atoms with van der Waals surface area (Å²) in [5, 5.41) is 5.68. The molecule has 7 nitrogen and oxygen atoms in total. The Kier molecular flexibility index (Phi) is 5.25. The first kappa shape index (κ1) is 20.1. The van der Waals surface area contributed by atoms with Crippen LogP contribution in [0.25, 0.3) is 28.1 Å². The van der Waals surface area contributed by atoms with Crippen LogP contribution in [0, 0.1) is 0 Å². The number of para-hydroxylation sites is 1. The van der Waals surface area contributed by atoms with E-state index in [1.165, 1.54) is 0 Å². The summed E-state index contributed by atoms with van der Waals surface area (Å²) >= 11 is 0. The summed E-state index contributed by atoms with van der Waals surface area (Å²) in [6.45, 7) is 4.28. The summed E-state index contributed by atoms with van der Waals surface area (Å²) in [4.78, 5) is 4.45. The van der Waals surface area contributed by atoms with Crippen molar-refractivity contribution in [1.82, 2.24) is 14.6 Å². The first-order valence-electron chi connectivity index (χ1n) is 10.6. The van der Waals surface area contributed by atoms with Crippen molar-refractivity contribution in [2.24, 2.45) is 5.73 Å². The van der Waals surface area contributed by atoms with E-state index >= 15 is 0 Å². The second-order valence-electron chi connectivity index (χ2n) is 7.81. The van der Waals surface area contributed by atoms with Gasteiger partial charge in [-0.05, 0) is 49.7 Å². The minimum atomic E-state index is -0.367. The van der Waals surface area contributed by atoms with Gasteiger partial charge in [0.25, 0.3) is 0 Å². The van der Waals surface area contributed by atoms with Crippen LogP contribution in [0.5, 0.6) is 11.6 Å². The highest BCUT2D eigenvalue weighted by molar-refractivity contribution is 5.82. The molecule has 0 aliphatic carbocycles. The summed E-state index contributed by atoms with van der Waals surface area (Å²) < 4.78 is 19.7. The van der Waals surface area contributed by atoms with E-state index in [-0.39, 0.29) is 12.2 Å². The zero-order chi connectivity index (χ0) is 22.1. The number of hydrogen-bond acceptors (Lipinski definition) is 6. The predicted molar refractivity (Wildman–Crippen MR) is 123 cm³/mol. The molecule has 162 valence electrons. The molecule has 1 atom stereocenters. The van der Waals surface area contributed by atoms with Gasteiger partial charge in [0.1, 0.15) is 23.1 Å². The number of furan rings is 1. The summed E-state index contributed by atoms with van der Waals surface area (Å²) in [6.07, 6.45) is 1.47. The molecule has 0 radical (unpaired) electrons. The number of imidazole rings is 1. The van der Waals surface area contributed by atoms with Crippen LogP contribution in [-0.2, 0) is 0 Å². The molecule has 0 fully saturated rings. The van der Waals surface area contributed by atoms with Crippen LogP contribution < -0.4 is 15.2 Å². The first-order valence-corrected chi connectivity index (χ1v) is 10.6. The summed E-state index contributed by atoms with van der Waals surface area (Å²) in [7, 11) is 0. The van der Waals surface area contributed by atoms with Crippen molar-refractivity contribution in [2.45, 2.75) is 26.1 Å². The van der Waals surface area contributed by atoms with Crippen LogP contribution in [0.2, 0.25) is 0 Å². The van der Waals surface area contributed by atoms with E-state index in [0.717, 1.165) is 28.0 Å². The summed E-state index contributed by atoms with van der Waals surface area (Å²) in [5.41, 5.74) is 9.22. The van der Waals surface area contributed by atoms with Crippen molar-refractivity contribution < 1.29 is 13.9 Å². The molecule has 5 rings (SSSR count). The fraction of sp³-hybridized carbons (Fsp3) is 0.200. The standard InChI is InChI=1S/C25H24N4O3/c1-16(2)30-19-8-5-7-17(12-19)23(14-26)32-25-11-10-24-27-15-20(29(24)28-25)22-13-18-6-3-4-9-21(18)31-22/h3-13,15-16,23H,14,26H2,1-2H3. The molecule has 0 bridgehead atoms. The third-order valence-electron chi connectivity index (χ3n) is 5.09. The van der Waals surface area contributed by atoms with E-state index in [9.17, 15) is 0 Å². The van der Waals surface area contributed by atoms with E-state index < -0.39 is 0 Å². The van der Waals surface area contributed by atoms with Crippen LogP contribution in [0.4, 0.5) is 0 Å². The number of rotatable bonds is 7. The van der Waals surface area contributed by atoms with Gasteiger partial charge in [-0.25, -0.2) is 9.50 Å². The van der Waals surface area contributed by atoms with Gasteiger partial charge in [0, 0.05) is 18.0 Å². The van der Waals surface area contributed by atoms with Gasteiger partial charge in [-0.15, -0.1) is 5.10 Å². The molecule has 1 unspecified atom stereocenters. The van der Waals surface area contributed by atoms with Crippen LogP contribution in [0.1, 0.15) is 25.5 Å². The number of benzene rings is 2. The third-order valence-corrected chi connectivity index (χ3v) is 5.09. The molecule has 0 saturated carbocycles. The lowest BCUT2D eigenvalue weighted by molar-refractivity contribution is 0.200. The largest absolute Gasteiger partial charge is 0.491 e. The number of hydrogen-bond donors (Lipinski definition) is 1. The molecule has 3 aromatic heterocycles. The van der Waals surface area contributed by atoms with Crippen molar-refractivity contribution in [2.75, 3.05) is 6.54 Å². The smallest absolute Gasteiger partial charge is 0.232 e. The van der Waals surface area contributed by atoms with Gasteiger partial charge in [0.2, 0.25) is 5.88 Å². The quantitative estimate of drug-likeness (QED) is 0.392. The van der Waals surface area contributed by atoms with Crippen LogP contribution in [0.15, 0.2) is 77.3 Å². The third kappa shape index (κ3) is 3.90. The number of fused-ring (bicyclic) bond motifs is 2. The van der Waals surface area contributed by atoms with Gasteiger partial charge < -0.3 is 19.6 Å². The second kappa shape index (κ2) is 8.36. The first-order chi connectivity index (χ1) is 15.6. The molecule has 3 heterocycles. The number of nitrogens with zero attached hydrogens (tertiary/aromatic N) is 3. The number of ether oxygens (including phenoxy) is 2. The molecule has 0 amide bonds. The molecule has 0 saturated heterocycles. The van der Waals surface area contributed by atoms with E-state index in [0.29, 0.717) is 23.8 Å². The number of aromatic nitrogens is 3. The Morgan fingerprint density at radius 2 is 1.88 bits per heavy atom. The van der Waals surface area contributed by atoms with Crippen molar-refractivity contribution in [3.63, 3.8) is 0 Å². The van der Waals surface area contributed by atoms with Crippen LogP contribution >= 0.6 is 0 Å². The Bertz CT molecular complexity index is 1340. The van der Waals surface area contributed by atoms with Gasteiger partial charge in [-0.3, -0.25) is 0 Å². The fourth-order valence-corrected chi connectivity index (χ4v) is 3.65. The number of nitrogens with two attached hydrogens (primary N) is 1. The Balaban J connectivity index is 1.46. The molecular weight excluding hydrogens is 404 g/mol. The Labute approximate surface area is 185 Å². The molecule has 2 aromatic carbocycles. The molecule has 7 heteroatoms. The van der Waals surface area contributed by atoms with Crippen LogP contribution in [0.3, 0.4) is 0 Å². The monoisotopic (exact) mass is 428 g/mol. The highest BCUT2D eigenvalue weighted by Gasteiger charge is 2.17. The SMILES string of the molecule is CC(C)Oc1cccc(C(CN)Oc2ccc3ncc(-c4cc5ccccc5o4)n3n2)c1.